The van der Waals surface area contributed by atoms with Gasteiger partial charge in [-0.05, 0) is 45.2 Å². The minimum atomic E-state index is -0.0636. The van der Waals surface area contributed by atoms with Crippen LogP contribution in [0.25, 0.3) is 0 Å². The van der Waals surface area contributed by atoms with E-state index in [0.717, 1.165) is 12.8 Å². The molecule has 1 aromatic carbocycles. The number of halogens is 1. The van der Waals surface area contributed by atoms with Crippen LogP contribution in [0.1, 0.15) is 56.3 Å². The number of hydrogen-bond donors (Lipinski definition) is 0. The van der Waals surface area contributed by atoms with E-state index in [0.29, 0.717) is 10.6 Å². The summed E-state index contributed by atoms with van der Waals surface area (Å²) in [5, 5.41) is 0.453. The Balaban J connectivity index is 1.95. The molecule has 1 amide bonds. The summed E-state index contributed by atoms with van der Waals surface area (Å²) in [7, 11) is 0. The first-order valence-corrected chi connectivity index (χ1v) is 7.97. The normalized spacial score (nSPS) is 22.1. The molecule has 0 radical (unpaired) electrons. The lowest BCUT2D eigenvalue weighted by Gasteiger charge is -2.39. The number of hydrogen-bond acceptors (Lipinski definition) is 2. The second-order valence-electron chi connectivity index (χ2n) is 5.83. The SMILES string of the molecule is CC1CCCC(C)N1C(=O)CCC(=O)c1ccccc1Cl. The molecule has 0 bridgehead atoms. The highest BCUT2D eigenvalue weighted by atomic mass is 35.5. The van der Waals surface area contributed by atoms with Crippen molar-refractivity contribution in [3.8, 4) is 0 Å². The lowest BCUT2D eigenvalue weighted by atomic mass is 9.96. The molecular weight excluding hydrogens is 286 g/mol. The Morgan fingerprint density at radius 1 is 1.14 bits per heavy atom. The van der Waals surface area contributed by atoms with Crippen LogP contribution in [0.4, 0.5) is 0 Å². The smallest absolute Gasteiger partial charge is 0.223 e. The Morgan fingerprint density at radius 2 is 1.76 bits per heavy atom. The van der Waals surface area contributed by atoms with Crippen LogP contribution in [-0.4, -0.2) is 28.7 Å². The number of ketones is 1. The van der Waals surface area contributed by atoms with Gasteiger partial charge in [0.1, 0.15) is 0 Å². The van der Waals surface area contributed by atoms with Crippen molar-refractivity contribution >= 4 is 23.3 Å². The van der Waals surface area contributed by atoms with Crippen molar-refractivity contribution in [2.45, 2.75) is 58.0 Å². The first-order valence-electron chi connectivity index (χ1n) is 7.59. The highest BCUT2D eigenvalue weighted by Gasteiger charge is 2.28. The predicted molar refractivity (Wildman–Crippen MR) is 84.6 cm³/mol. The lowest BCUT2D eigenvalue weighted by molar-refractivity contribution is -0.137. The fourth-order valence-corrected chi connectivity index (χ4v) is 3.33. The van der Waals surface area contributed by atoms with E-state index in [1.807, 2.05) is 4.90 Å². The maximum absolute atomic E-state index is 12.4. The molecule has 0 saturated carbocycles. The van der Waals surface area contributed by atoms with Gasteiger partial charge in [0.2, 0.25) is 5.91 Å². The molecule has 2 unspecified atom stereocenters. The quantitative estimate of drug-likeness (QED) is 0.786. The van der Waals surface area contributed by atoms with Crippen LogP contribution >= 0.6 is 11.6 Å². The Labute approximate surface area is 131 Å². The zero-order valence-corrected chi connectivity index (χ0v) is 13.4. The summed E-state index contributed by atoms with van der Waals surface area (Å²) in [6, 6.07) is 7.54. The molecule has 0 aromatic heterocycles. The number of carbonyl (C=O) groups excluding carboxylic acids is 2. The molecule has 1 aliphatic rings. The summed E-state index contributed by atoms with van der Waals surface area (Å²) in [5.74, 6) is 0.0152. The minimum absolute atomic E-state index is 0.0636. The molecule has 1 fully saturated rings. The monoisotopic (exact) mass is 307 g/mol. The van der Waals surface area contributed by atoms with E-state index in [2.05, 4.69) is 13.8 Å². The number of carbonyl (C=O) groups is 2. The molecule has 4 heteroatoms. The standard InChI is InChI=1S/C17H22ClNO2/c1-12-6-5-7-13(2)19(12)17(21)11-10-16(20)14-8-3-4-9-15(14)18/h3-4,8-9,12-13H,5-7,10-11H2,1-2H3. The topological polar surface area (TPSA) is 37.4 Å². The highest BCUT2D eigenvalue weighted by Crippen LogP contribution is 2.24. The second kappa shape index (κ2) is 7.08. The van der Waals surface area contributed by atoms with Crippen LogP contribution in [-0.2, 0) is 4.79 Å². The van der Waals surface area contributed by atoms with Gasteiger partial charge in [0.05, 0.1) is 5.02 Å². The number of piperidine rings is 1. The third-order valence-electron chi connectivity index (χ3n) is 4.22. The van der Waals surface area contributed by atoms with Gasteiger partial charge in [0.15, 0.2) is 5.78 Å². The van der Waals surface area contributed by atoms with Crippen LogP contribution in [0.5, 0.6) is 0 Å². The summed E-state index contributed by atoms with van der Waals surface area (Å²) >= 11 is 6.01. The second-order valence-corrected chi connectivity index (χ2v) is 6.24. The Hall–Kier alpha value is -1.35. The summed E-state index contributed by atoms with van der Waals surface area (Å²) in [5.41, 5.74) is 0.506. The summed E-state index contributed by atoms with van der Waals surface area (Å²) in [4.78, 5) is 26.5. The molecule has 21 heavy (non-hydrogen) atoms. The van der Waals surface area contributed by atoms with Crippen molar-refractivity contribution < 1.29 is 9.59 Å². The van der Waals surface area contributed by atoms with Crippen molar-refractivity contribution in [2.75, 3.05) is 0 Å². The molecule has 114 valence electrons. The molecular formula is C17H22ClNO2. The van der Waals surface area contributed by atoms with E-state index >= 15 is 0 Å². The van der Waals surface area contributed by atoms with Gasteiger partial charge < -0.3 is 4.90 Å². The summed E-state index contributed by atoms with van der Waals surface area (Å²) in [6.45, 7) is 4.17. The average molecular weight is 308 g/mol. The van der Waals surface area contributed by atoms with Crippen LogP contribution < -0.4 is 0 Å². The van der Waals surface area contributed by atoms with Gasteiger partial charge in [-0.25, -0.2) is 0 Å². The van der Waals surface area contributed by atoms with Crippen molar-refractivity contribution in [2.24, 2.45) is 0 Å². The van der Waals surface area contributed by atoms with Gasteiger partial charge in [-0.2, -0.15) is 0 Å². The predicted octanol–water partition coefficient (Wildman–Crippen LogP) is 4.09. The number of nitrogens with zero attached hydrogens (tertiary/aromatic N) is 1. The molecule has 1 saturated heterocycles. The fourth-order valence-electron chi connectivity index (χ4n) is 3.08. The molecule has 0 aliphatic carbocycles. The number of benzene rings is 1. The number of amides is 1. The number of rotatable bonds is 4. The Kier molecular flexibility index (Phi) is 5.40. The van der Waals surface area contributed by atoms with E-state index in [1.54, 1.807) is 24.3 Å². The zero-order valence-electron chi connectivity index (χ0n) is 12.6. The lowest BCUT2D eigenvalue weighted by Crippen LogP contribution is -2.47. The molecule has 3 nitrogen and oxygen atoms in total. The van der Waals surface area contributed by atoms with E-state index in [1.165, 1.54) is 6.42 Å². The van der Waals surface area contributed by atoms with Gasteiger partial charge in [-0.3, -0.25) is 9.59 Å². The van der Waals surface area contributed by atoms with Crippen LogP contribution in [0.3, 0.4) is 0 Å². The van der Waals surface area contributed by atoms with Crippen molar-refractivity contribution in [3.63, 3.8) is 0 Å². The Morgan fingerprint density at radius 3 is 2.38 bits per heavy atom. The average Bonchev–Trinajstić information content (AvgIpc) is 2.45. The molecule has 2 rings (SSSR count). The molecule has 1 heterocycles. The Bertz CT molecular complexity index is 519. The van der Waals surface area contributed by atoms with Gasteiger partial charge in [-0.15, -0.1) is 0 Å². The fraction of sp³-hybridized carbons (Fsp3) is 0.529. The molecule has 0 spiro atoms. The van der Waals surface area contributed by atoms with Crippen LogP contribution in [0.2, 0.25) is 5.02 Å². The first kappa shape index (κ1) is 16.0. The number of likely N-dealkylation sites (tertiary alicyclic amines) is 1. The van der Waals surface area contributed by atoms with Crippen LogP contribution in [0, 0.1) is 0 Å². The third kappa shape index (κ3) is 3.85. The molecule has 1 aliphatic heterocycles. The van der Waals surface area contributed by atoms with Crippen LogP contribution in [0.15, 0.2) is 24.3 Å². The molecule has 1 aromatic rings. The van der Waals surface area contributed by atoms with Crippen molar-refractivity contribution in [1.29, 1.82) is 0 Å². The first-order chi connectivity index (χ1) is 10.0. The van der Waals surface area contributed by atoms with Crippen molar-refractivity contribution in [3.05, 3.63) is 34.9 Å². The van der Waals surface area contributed by atoms with E-state index in [9.17, 15) is 9.59 Å². The van der Waals surface area contributed by atoms with Gasteiger partial charge in [-0.1, -0.05) is 23.7 Å². The summed E-state index contributed by atoms with van der Waals surface area (Å²) < 4.78 is 0. The van der Waals surface area contributed by atoms with Gasteiger partial charge >= 0.3 is 0 Å². The largest absolute Gasteiger partial charge is 0.337 e. The summed E-state index contributed by atoms with van der Waals surface area (Å²) in [6.07, 6.45) is 3.75. The van der Waals surface area contributed by atoms with Crippen molar-refractivity contribution in [1.82, 2.24) is 4.90 Å². The zero-order chi connectivity index (χ0) is 15.4. The number of Topliss-reactive ketones (excluding diaryl/α,β-unsaturated/α-hetero) is 1. The molecule has 0 N–H and O–H groups in total. The van der Waals surface area contributed by atoms with Gasteiger partial charge in [0.25, 0.3) is 0 Å². The minimum Gasteiger partial charge on any atom is -0.337 e. The third-order valence-corrected chi connectivity index (χ3v) is 4.55. The molecule has 2 atom stereocenters. The maximum atomic E-state index is 12.4. The van der Waals surface area contributed by atoms with E-state index < -0.39 is 0 Å². The maximum Gasteiger partial charge on any atom is 0.223 e. The highest BCUT2D eigenvalue weighted by molar-refractivity contribution is 6.34. The van der Waals surface area contributed by atoms with E-state index in [-0.39, 0.29) is 36.6 Å². The van der Waals surface area contributed by atoms with E-state index in [4.69, 9.17) is 11.6 Å². The van der Waals surface area contributed by atoms with Gasteiger partial charge in [0, 0.05) is 30.5 Å².